The second-order valence-electron chi connectivity index (χ2n) is 21.4. The third kappa shape index (κ3) is 22.9. The van der Waals surface area contributed by atoms with E-state index < -0.39 is 141 Å². The summed E-state index contributed by atoms with van der Waals surface area (Å²) in [6.07, 6.45) is 6.18. The molecule has 19 atom stereocenters. The molecule has 0 aromatic heterocycles. The number of ketones is 2. The van der Waals surface area contributed by atoms with Gasteiger partial charge in [0.05, 0.1) is 73.5 Å². The first-order valence-corrected chi connectivity index (χ1v) is 27.3. The van der Waals surface area contributed by atoms with Gasteiger partial charge >= 0.3 is 5.97 Å². The minimum absolute atomic E-state index is 0.0224. The van der Waals surface area contributed by atoms with E-state index in [1.54, 1.807) is 93.8 Å². The van der Waals surface area contributed by atoms with Gasteiger partial charge in [0.2, 0.25) is 0 Å². The molecular weight excluding hydrogens is 1010 g/mol. The third-order valence-corrected chi connectivity index (χ3v) is 14.5. The Balaban J connectivity index is 1.51. The van der Waals surface area contributed by atoms with Crippen LogP contribution in [0.25, 0.3) is 0 Å². The van der Waals surface area contributed by atoms with Crippen LogP contribution < -0.4 is 11.1 Å². The van der Waals surface area contributed by atoms with E-state index in [1.807, 2.05) is 50.3 Å². The van der Waals surface area contributed by atoms with Crippen molar-refractivity contribution in [3.05, 3.63) is 115 Å². The predicted molar refractivity (Wildman–Crippen MR) is 293 cm³/mol. The fourth-order valence-electron chi connectivity index (χ4n) is 9.87. The number of nitrogens with one attached hydrogen (secondary N) is 1. The Morgan fingerprint density at radius 1 is 0.718 bits per heavy atom. The van der Waals surface area contributed by atoms with E-state index in [2.05, 4.69) is 5.32 Å². The third-order valence-electron chi connectivity index (χ3n) is 14.5. The molecule has 0 radical (unpaired) electrons. The molecule has 0 aliphatic carbocycles. The van der Waals surface area contributed by atoms with Gasteiger partial charge < -0.3 is 81.1 Å². The maximum Gasteiger partial charge on any atom is 0.308 e. The number of cyclic esters (lactones) is 1. The van der Waals surface area contributed by atoms with Crippen LogP contribution in [0.4, 0.5) is 5.69 Å². The number of fused-ring (bicyclic) bond motifs is 2. The van der Waals surface area contributed by atoms with Gasteiger partial charge in [-0.15, -0.1) is 0 Å². The number of hydrogen-bond acceptors (Lipinski definition) is 19. The fourth-order valence-corrected chi connectivity index (χ4v) is 9.87. The smallest absolute Gasteiger partial charge is 0.308 e. The Bertz CT molecular complexity index is 2200. The number of carbonyl (C=O) groups excluding carboxylic acids is 3. The van der Waals surface area contributed by atoms with Crippen LogP contribution in [-0.4, -0.2) is 173 Å². The van der Waals surface area contributed by atoms with Crippen molar-refractivity contribution in [2.45, 2.75) is 202 Å². The molecule has 2 fully saturated rings. The number of nitrogens with two attached hydrogens (primary N) is 1. The van der Waals surface area contributed by atoms with Gasteiger partial charge in [-0.2, -0.15) is 0 Å². The van der Waals surface area contributed by atoms with Gasteiger partial charge in [-0.3, -0.25) is 14.4 Å². The molecular formula is C59H88N2O17. The lowest BCUT2D eigenvalue weighted by atomic mass is 9.84. The van der Waals surface area contributed by atoms with Crippen molar-refractivity contribution in [1.82, 2.24) is 0 Å². The molecule has 1 aromatic rings. The van der Waals surface area contributed by atoms with Crippen LogP contribution in [0.1, 0.15) is 115 Å². The van der Waals surface area contributed by atoms with E-state index in [-0.39, 0.29) is 62.6 Å². The first-order valence-electron chi connectivity index (χ1n) is 27.3. The van der Waals surface area contributed by atoms with Crippen LogP contribution in [0.2, 0.25) is 0 Å². The molecule has 0 amide bonds. The molecule has 13 N–H and O–H groups in total. The molecule has 0 spiro atoms. The summed E-state index contributed by atoms with van der Waals surface area (Å²) in [5.41, 5.74) is 7.33. The van der Waals surface area contributed by atoms with Gasteiger partial charge in [-0.05, 0) is 69.2 Å². The lowest BCUT2D eigenvalue weighted by Crippen LogP contribution is -2.61. The van der Waals surface area contributed by atoms with Gasteiger partial charge in [-0.25, -0.2) is 0 Å². The van der Waals surface area contributed by atoms with Gasteiger partial charge in [0, 0.05) is 68.7 Å². The normalized spacial score (nSPS) is 38.8. The Labute approximate surface area is 459 Å². The first kappa shape index (κ1) is 66.0. The molecule has 1 unspecified atom stereocenters. The summed E-state index contributed by atoms with van der Waals surface area (Å²) in [7, 11) is 1.77. The SMILES string of the molecule is CNc1ccc(C(=O)CC(O)CC[C@H](C)[C@H]2OC(=O)C[C@H](O)CC(=O)C[C@H](O)C[C@H](O)C[C@H](O)C[C@H](O)C[C@]3(O)C[C@H](O)[C@@H](C)[C@H](C[C@@H](O[C@@H]4O[C@H](C)[C@@H](N)[C@H](O)[C@@H]4O)/C=C/C=C/C=C/C=C/C=C/C=C/C=C/[C@@H]2C)O3)cc1. The average Bonchev–Trinajstić information content (AvgIpc) is 3.38. The van der Waals surface area contributed by atoms with Gasteiger partial charge in [0.25, 0.3) is 0 Å². The summed E-state index contributed by atoms with van der Waals surface area (Å²) >= 11 is 0. The van der Waals surface area contributed by atoms with Crippen molar-refractivity contribution in [1.29, 1.82) is 0 Å². The fraction of sp³-hybridized carbons (Fsp3) is 0.610. The number of aliphatic hydroxyl groups is 10. The summed E-state index contributed by atoms with van der Waals surface area (Å²) in [4.78, 5) is 39.2. The monoisotopic (exact) mass is 1100 g/mol. The summed E-state index contributed by atoms with van der Waals surface area (Å²) in [6.45, 7) is 7.09. The first-order chi connectivity index (χ1) is 37.0. The number of carbonyl (C=O) groups is 3. The summed E-state index contributed by atoms with van der Waals surface area (Å²) in [6, 6.07) is 6.07. The Hall–Kier alpha value is -4.55. The van der Waals surface area contributed by atoms with E-state index >= 15 is 0 Å². The summed E-state index contributed by atoms with van der Waals surface area (Å²) in [5, 5.41) is 112. The van der Waals surface area contributed by atoms with Gasteiger partial charge in [0.15, 0.2) is 17.9 Å². The minimum atomic E-state index is -2.07. The molecule has 3 aliphatic rings. The number of ether oxygens (including phenoxy) is 4. The number of aliphatic hydroxyl groups excluding tert-OH is 9. The maximum absolute atomic E-state index is 13.3. The number of esters is 1. The second kappa shape index (κ2) is 33.3. The van der Waals surface area contributed by atoms with E-state index in [9.17, 15) is 65.4 Å². The second-order valence-corrected chi connectivity index (χ2v) is 21.4. The highest BCUT2D eigenvalue weighted by molar-refractivity contribution is 5.96. The van der Waals surface area contributed by atoms with Crippen molar-refractivity contribution >= 4 is 23.2 Å². The van der Waals surface area contributed by atoms with Crippen molar-refractivity contribution in [2.24, 2.45) is 23.5 Å². The molecule has 436 valence electrons. The highest BCUT2D eigenvalue weighted by atomic mass is 16.7. The Kier molecular flexibility index (Phi) is 28.1. The largest absolute Gasteiger partial charge is 0.461 e. The minimum Gasteiger partial charge on any atom is -0.461 e. The van der Waals surface area contributed by atoms with Crippen LogP contribution in [0.15, 0.2) is 109 Å². The number of hydrogen-bond donors (Lipinski definition) is 12. The zero-order chi connectivity index (χ0) is 57.5. The quantitative estimate of drug-likeness (QED) is 0.117. The van der Waals surface area contributed by atoms with Gasteiger partial charge in [0.1, 0.15) is 24.1 Å². The van der Waals surface area contributed by atoms with E-state index in [4.69, 9.17) is 24.7 Å². The molecule has 78 heavy (non-hydrogen) atoms. The highest BCUT2D eigenvalue weighted by Gasteiger charge is 2.47. The molecule has 2 bridgehead atoms. The van der Waals surface area contributed by atoms with E-state index in [1.165, 1.54) is 0 Å². The molecule has 19 nitrogen and oxygen atoms in total. The number of rotatable bonds is 10. The van der Waals surface area contributed by atoms with Crippen molar-refractivity contribution in [3.63, 3.8) is 0 Å². The molecule has 19 heteroatoms. The number of allylic oxidation sites excluding steroid dienone is 12. The average molecular weight is 1100 g/mol. The van der Waals surface area contributed by atoms with Gasteiger partial charge in [-0.1, -0.05) is 106 Å². The number of benzene rings is 1. The highest BCUT2D eigenvalue weighted by Crippen LogP contribution is 2.38. The van der Waals surface area contributed by atoms with E-state index in [0.717, 1.165) is 5.69 Å². The molecule has 0 saturated carbocycles. The topological polar surface area (TPSA) is 328 Å². The number of Topliss-reactive ketones (excluding diaryl/α,β-unsaturated/α-hetero) is 2. The Morgan fingerprint density at radius 2 is 1.27 bits per heavy atom. The zero-order valence-electron chi connectivity index (χ0n) is 45.7. The lowest BCUT2D eigenvalue weighted by molar-refractivity contribution is -0.309. The maximum atomic E-state index is 13.3. The molecule has 3 heterocycles. The van der Waals surface area contributed by atoms with Crippen LogP contribution in [-0.2, 0) is 28.5 Å². The molecule has 4 rings (SSSR count). The van der Waals surface area contributed by atoms with Crippen molar-refractivity contribution < 1.29 is 84.4 Å². The standard InChI is InChI=1S/C59H88N2O17/c1-36-18-16-14-12-10-8-6-7-9-11-13-15-17-19-49(76-58-56(73)55(72)54(60)39(4)75-58)33-52-38(3)51(70)35-59(74,78-52)34-48(68)30-46(66)28-44(64)26-43(63)27-45(65)29-47(67)32-53(71)77-57(36)37(2)20-25-42(62)31-50(69)40-21-23-41(61-5)24-22-40/h6-19,21-24,36-39,42-44,46-49,51-52,54-58,61-64,66-68,70,72-74H,20,25-35,60H2,1-5H3/b7-6+,10-8+,11-9+,14-12+,15-13+,18-16+,19-17+/t36-,37-,38+,39+,42?,43+,44-,46-,47+,48-,49-,51-,52-,54+,55-,56-,57-,58-,59+/m0/s1. The molecule has 1 aromatic carbocycles. The molecule has 3 aliphatic heterocycles. The van der Waals surface area contributed by atoms with Crippen molar-refractivity contribution in [2.75, 3.05) is 12.4 Å². The van der Waals surface area contributed by atoms with Crippen LogP contribution in [0, 0.1) is 17.8 Å². The zero-order valence-corrected chi connectivity index (χ0v) is 45.7. The van der Waals surface area contributed by atoms with E-state index in [0.29, 0.717) is 12.0 Å². The van der Waals surface area contributed by atoms with Crippen LogP contribution in [0.5, 0.6) is 0 Å². The summed E-state index contributed by atoms with van der Waals surface area (Å²) < 4.78 is 24.1. The number of anilines is 1. The Morgan fingerprint density at radius 3 is 1.87 bits per heavy atom. The lowest BCUT2D eigenvalue weighted by Gasteiger charge is -2.45. The van der Waals surface area contributed by atoms with Crippen LogP contribution >= 0.6 is 0 Å². The summed E-state index contributed by atoms with van der Waals surface area (Å²) in [5.74, 6) is -4.84. The van der Waals surface area contributed by atoms with Crippen LogP contribution in [0.3, 0.4) is 0 Å². The molecule has 2 saturated heterocycles. The predicted octanol–water partition coefficient (Wildman–Crippen LogP) is 3.68. The van der Waals surface area contributed by atoms with Crippen molar-refractivity contribution in [3.8, 4) is 0 Å².